The number of carbonyl (C=O) groups excluding carboxylic acids is 1. The van der Waals surface area contributed by atoms with E-state index in [1.54, 1.807) is 19.4 Å². The predicted octanol–water partition coefficient (Wildman–Crippen LogP) is 3.05. The number of ether oxygens (including phenoxy) is 1. The number of carbonyl (C=O) groups is 1. The first-order valence-electron chi connectivity index (χ1n) is 10.4. The van der Waals surface area contributed by atoms with Crippen molar-refractivity contribution < 1.29 is 9.53 Å². The summed E-state index contributed by atoms with van der Waals surface area (Å²) >= 11 is 0. The fourth-order valence-corrected chi connectivity index (χ4v) is 3.65. The maximum absolute atomic E-state index is 12.6. The van der Waals surface area contributed by atoms with Crippen LogP contribution in [0, 0.1) is 13.8 Å². The van der Waals surface area contributed by atoms with Crippen LogP contribution in [0.1, 0.15) is 28.5 Å². The van der Waals surface area contributed by atoms with Crippen LogP contribution in [0.15, 0.2) is 42.9 Å². The van der Waals surface area contributed by atoms with Crippen molar-refractivity contribution in [3.63, 3.8) is 0 Å². The van der Waals surface area contributed by atoms with E-state index in [0.29, 0.717) is 36.9 Å². The van der Waals surface area contributed by atoms with E-state index in [2.05, 4.69) is 24.8 Å². The third-order valence-corrected chi connectivity index (χ3v) is 5.23. The highest BCUT2D eigenvalue weighted by Crippen LogP contribution is 2.25. The van der Waals surface area contributed by atoms with Crippen LogP contribution < -0.4 is 9.80 Å². The topological polar surface area (TPSA) is 84.3 Å². The van der Waals surface area contributed by atoms with Crippen molar-refractivity contribution in [1.29, 1.82) is 0 Å². The van der Waals surface area contributed by atoms with Gasteiger partial charge in [-0.2, -0.15) is 0 Å². The summed E-state index contributed by atoms with van der Waals surface area (Å²) in [5.74, 6) is 1.73. The number of piperazine rings is 1. The average molecular weight is 419 g/mol. The quantitative estimate of drug-likeness (QED) is 0.585. The van der Waals surface area contributed by atoms with Crippen molar-refractivity contribution >= 4 is 17.6 Å². The summed E-state index contributed by atoms with van der Waals surface area (Å²) in [4.78, 5) is 34.7. The Morgan fingerprint density at radius 3 is 2.52 bits per heavy atom. The van der Waals surface area contributed by atoms with Gasteiger partial charge in [-0.3, -0.25) is 0 Å². The number of benzene rings is 1. The van der Waals surface area contributed by atoms with E-state index in [1.165, 1.54) is 0 Å². The van der Waals surface area contributed by atoms with Crippen molar-refractivity contribution in [1.82, 2.24) is 19.9 Å². The number of hydrogen-bond donors (Lipinski definition) is 0. The molecule has 1 aliphatic rings. The van der Waals surface area contributed by atoms with E-state index < -0.39 is 5.97 Å². The Balaban J connectivity index is 1.62. The van der Waals surface area contributed by atoms with Crippen molar-refractivity contribution in [3.05, 3.63) is 59.7 Å². The molecule has 0 aliphatic carbocycles. The normalized spacial score (nSPS) is 13.9. The summed E-state index contributed by atoms with van der Waals surface area (Å²) in [6.45, 7) is 9.04. The molecule has 160 valence electrons. The molecule has 31 heavy (non-hydrogen) atoms. The molecule has 4 rings (SSSR count). The Hall–Kier alpha value is -3.55. The fraction of sp³-hybridized carbons (Fsp3) is 0.348. The van der Waals surface area contributed by atoms with E-state index >= 15 is 0 Å². The zero-order valence-electron chi connectivity index (χ0n) is 18.1. The van der Waals surface area contributed by atoms with Gasteiger partial charge in [0, 0.05) is 49.7 Å². The van der Waals surface area contributed by atoms with E-state index in [9.17, 15) is 4.79 Å². The Bertz CT molecular complexity index is 1080. The number of hydrogen-bond acceptors (Lipinski definition) is 8. The van der Waals surface area contributed by atoms with Crippen molar-refractivity contribution in [2.75, 3.05) is 42.6 Å². The van der Waals surface area contributed by atoms with Gasteiger partial charge in [-0.25, -0.2) is 24.7 Å². The van der Waals surface area contributed by atoms with Crippen molar-refractivity contribution in [3.8, 4) is 11.4 Å². The second-order valence-corrected chi connectivity index (χ2v) is 7.51. The molecule has 0 bridgehead atoms. The van der Waals surface area contributed by atoms with Crippen LogP contribution >= 0.6 is 0 Å². The first-order chi connectivity index (χ1) is 15.0. The molecular formula is C23H26N6O2. The smallest absolute Gasteiger partial charge is 0.343 e. The fourth-order valence-electron chi connectivity index (χ4n) is 3.65. The maximum atomic E-state index is 12.6. The van der Waals surface area contributed by atoms with Crippen LogP contribution in [-0.4, -0.2) is 58.7 Å². The number of aromatic nitrogens is 4. The van der Waals surface area contributed by atoms with Crippen molar-refractivity contribution in [2.45, 2.75) is 20.8 Å². The highest BCUT2D eigenvalue weighted by Gasteiger charge is 2.25. The molecule has 1 aromatic carbocycles. The lowest BCUT2D eigenvalue weighted by Gasteiger charge is -2.36. The summed E-state index contributed by atoms with van der Waals surface area (Å²) in [7, 11) is 0. The Morgan fingerprint density at radius 1 is 1.03 bits per heavy atom. The first kappa shape index (κ1) is 20.7. The molecular weight excluding hydrogens is 392 g/mol. The van der Waals surface area contributed by atoms with Crippen LogP contribution in [0.5, 0.6) is 0 Å². The summed E-state index contributed by atoms with van der Waals surface area (Å²) in [5.41, 5.74) is 3.39. The van der Waals surface area contributed by atoms with E-state index in [0.717, 1.165) is 35.7 Å². The minimum Gasteiger partial charge on any atom is -0.462 e. The van der Waals surface area contributed by atoms with Gasteiger partial charge in [0.05, 0.1) is 6.61 Å². The molecule has 0 atom stereocenters. The second-order valence-electron chi connectivity index (χ2n) is 7.51. The second kappa shape index (κ2) is 9.07. The van der Waals surface area contributed by atoms with Gasteiger partial charge in [0.1, 0.15) is 23.5 Å². The highest BCUT2D eigenvalue weighted by atomic mass is 16.5. The monoisotopic (exact) mass is 418 g/mol. The van der Waals surface area contributed by atoms with Crippen LogP contribution in [0.25, 0.3) is 11.4 Å². The number of esters is 1. The molecule has 0 amide bonds. The highest BCUT2D eigenvalue weighted by molar-refractivity contribution is 5.95. The van der Waals surface area contributed by atoms with E-state index in [1.807, 2.05) is 44.2 Å². The molecule has 0 spiro atoms. The summed E-state index contributed by atoms with van der Waals surface area (Å²) in [6, 6.07) is 10.0. The zero-order chi connectivity index (χ0) is 21.8. The minimum absolute atomic E-state index is 0.304. The average Bonchev–Trinajstić information content (AvgIpc) is 2.79. The van der Waals surface area contributed by atoms with Gasteiger partial charge < -0.3 is 14.5 Å². The zero-order valence-corrected chi connectivity index (χ0v) is 18.1. The van der Waals surface area contributed by atoms with Gasteiger partial charge >= 0.3 is 5.97 Å². The van der Waals surface area contributed by atoms with Gasteiger partial charge in [0.2, 0.25) is 0 Å². The largest absolute Gasteiger partial charge is 0.462 e. The number of nitrogens with zero attached hydrogens (tertiary/aromatic N) is 6. The molecule has 2 aromatic heterocycles. The molecule has 1 saturated heterocycles. The lowest BCUT2D eigenvalue weighted by atomic mass is 10.1. The summed E-state index contributed by atoms with van der Waals surface area (Å²) < 4.78 is 5.25. The Kier molecular flexibility index (Phi) is 6.06. The third kappa shape index (κ3) is 4.63. The molecule has 0 N–H and O–H groups in total. The van der Waals surface area contributed by atoms with Crippen LogP contribution in [-0.2, 0) is 4.74 Å². The van der Waals surface area contributed by atoms with Crippen molar-refractivity contribution in [2.24, 2.45) is 0 Å². The number of anilines is 2. The Labute approximate surface area is 181 Å². The number of aryl methyl sites for hydroxylation is 2. The van der Waals surface area contributed by atoms with Gasteiger partial charge in [-0.15, -0.1) is 0 Å². The minimum atomic E-state index is -0.401. The molecule has 8 nitrogen and oxygen atoms in total. The maximum Gasteiger partial charge on any atom is 0.343 e. The molecule has 3 aromatic rings. The molecule has 1 fully saturated rings. The molecule has 0 radical (unpaired) electrons. The van der Waals surface area contributed by atoms with Gasteiger partial charge in [-0.05, 0) is 26.8 Å². The van der Waals surface area contributed by atoms with Crippen LogP contribution in [0.2, 0.25) is 0 Å². The molecule has 0 unspecified atom stereocenters. The third-order valence-electron chi connectivity index (χ3n) is 5.23. The van der Waals surface area contributed by atoms with Gasteiger partial charge in [-0.1, -0.05) is 23.8 Å². The predicted molar refractivity (Wildman–Crippen MR) is 119 cm³/mol. The SMILES string of the molecule is CCOC(=O)c1cnc(-c2cccc(C)c2)nc1N1CCN(c2cc(C)ncn2)CC1. The summed E-state index contributed by atoms with van der Waals surface area (Å²) in [6.07, 6.45) is 3.17. The lowest BCUT2D eigenvalue weighted by Crippen LogP contribution is -2.47. The Morgan fingerprint density at radius 2 is 1.81 bits per heavy atom. The molecule has 3 heterocycles. The first-order valence-corrected chi connectivity index (χ1v) is 10.4. The van der Waals surface area contributed by atoms with Crippen LogP contribution in [0.3, 0.4) is 0 Å². The van der Waals surface area contributed by atoms with Crippen LogP contribution in [0.4, 0.5) is 11.6 Å². The lowest BCUT2D eigenvalue weighted by molar-refractivity contribution is 0.0526. The molecule has 0 saturated carbocycles. The molecule has 8 heteroatoms. The van der Waals surface area contributed by atoms with Gasteiger partial charge in [0.25, 0.3) is 0 Å². The summed E-state index contributed by atoms with van der Waals surface area (Å²) in [5, 5.41) is 0. The standard InChI is InChI=1S/C23H26N6O2/c1-4-31-23(30)19-14-24-21(18-7-5-6-16(2)12-18)27-22(19)29-10-8-28(9-11-29)20-13-17(3)25-15-26-20/h5-7,12-15H,4,8-11H2,1-3H3. The van der Waals surface area contributed by atoms with E-state index in [-0.39, 0.29) is 0 Å². The van der Waals surface area contributed by atoms with Gasteiger partial charge in [0.15, 0.2) is 5.82 Å². The molecule has 1 aliphatic heterocycles. The van der Waals surface area contributed by atoms with E-state index in [4.69, 9.17) is 9.72 Å². The number of rotatable bonds is 5.